The molecule has 0 aromatic heterocycles. The number of hydrogen-bond donors (Lipinski definition) is 1. The SMILES string of the molecule is CCN=C(N)N1CCOC(c2ccc(C)cc2C)C1.I. The average molecular weight is 389 g/mol. The monoisotopic (exact) mass is 389 g/mol. The van der Waals surface area contributed by atoms with Gasteiger partial charge in [0.2, 0.25) is 0 Å². The molecule has 0 amide bonds. The van der Waals surface area contributed by atoms with E-state index in [9.17, 15) is 0 Å². The van der Waals surface area contributed by atoms with Crippen LogP contribution in [0.1, 0.15) is 29.7 Å². The van der Waals surface area contributed by atoms with Crippen molar-refractivity contribution in [2.24, 2.45) is 10.7 Å². The van der Waals surface area contributed by atoms with Gasteiger partial charge in [0.1, 0.15) is 6.10 Å². The minimum atomic E-state index is 0. The lowest BCUT2D eigenvalue weighted by Crippen LogP contribution is -2.46. The van der Waals surface area contributed by atoms with Gasteiger partial charge in [-0.2, -0.15) is 0 Å². The van der Waals surface area contributed by atoms with Gasteiger partial charge in [0.15, 0.2) is 5.96 Å². The lowest BCUT2D eigenvalue weighted by Gasteiger charge is -2.34. The molecule has 0 spiro atoms. The Hall–Kier alpha value is -0.820. The van der Waals surface area contributed by atoms with E-state index in [0.29, 0.717) is 12.6 Å². The Morgan fingerprint density at radius 1 is 1.45 bits per heavy atom. The van der Waals surface area contributed by atoms with Gasteiger partial charge >= 0.3 is 0 Å². The summed E-state index contributed by atoms with van der Waals surface area (Å²) in [5.74, 6) is 0.626. The van der Waals surface area contributed by atoms with Crippen molar-refractivity contribution in [3.05, 3.63) is 34.9 Å². The second-order valence-electron chi connectivity index (χ2n) is 5.00. The molecule has 20 heavy (non-hydrogen) atoms. The summed E-state index contributed by atoms with van der Waals surface area (Å²) in [5.41, 5.74) is 9.79. The Morgan fingerprint density at radius 3 is 2.85 bits per heavy atom. The van der Waals surface area contributed by atoms with Crippen molar-refractivity contribution >= 4 is 29.9 Å². The maximum absolute atomic E-state index is 5.98. The Bertz CT molecular complexity index is 476. The number of rotatable bonds is 2. The highest BCUT2D eigenvalue weighted by molar-refractivity contribution is 14.0. The number of ether oxygens (including phenoxy) is 1. The van der Waals surface area contributed by atoms with Gasteiger partial charge in [-0.25, -0.2) is 0 Å². The highest BCUT2D eigenvalue weighted by atomic mass is 127. The lowest BCUT2D eigenvalue weighted by atomic mass is 10.00. The predicted octanol–water partition coefficient (Wildman–Crippen LogP) is 2.63. The van der Waals surface area contributed by atoms with Crippen LogP contribution in [0, 0.1) is 13.8 Å². The van der Waals surface area contributed by atoms with Crippen LogP contribution in [-0.2, 0) is 4.74 Å². The fraction of sp³-hybridized carbons (Fsp3) is 0.533. The van der Waals surface area contributed by atoms with E-state index in [0.717, 1.165) is 19.6 Å². The summed E-state index contributed by atoms with van der Waals surface area (Å²) in [6, 6.07) is 6.49. The molecule has 1 aliphatic rings. The van der Waals surface area contributed by atoms with Gasteiger partial charge in [-0.15, -0.1) is 24.0 Å². The number of morpholine rings is 1. The second-order valence-corrected chi connectivity index (χ2v) is 5.00. The maximum Gasteiger partial charge on any atom is 0.191 e. The van der Waals surface area contributed by atoms with Crippen LogP contribution < -0.4 is 5.73 Å². The van der Waals surface area contributed by atoms with Gasteiger partial charge in [-0.3, -0.25) is 4.99 Å². The number of nitrogens with two attached hydrogens (primary N) is 1. The normalized spacial score (nSPS) is 19.6. The van der Waals surface area contributed by atoms with E-state index in [4.69, 9.17) is 10.5 Å². The molecule has 0 saturated carbocycles. The van der Waals surface area contributed by atoms with Gasteiger partial charge < -0.3 is 15.4 Å². The first kappa shape index (κ1) is 17.2. The maximum atomic E-state index is 5.98. The van der Waals surface area contributed by atoms with E-state index >= 15 is 0 Å². The molecule has 1 atom stereocenters. The van der Waals surface area contributed by atoms with Gasteiger partial charge in [0, 0.05) is 13.1 Å². The summed E-state index contributed by atoms with van der Waals surface area (Å²) in [5, 5.41) is 0. The van der Waals surface area contributed by atoms with E-state index in [-0.39, 0.29) is 30.1 Å². The first-order valence-corrected chi connectivity index (χ1v) is 6.85. The predicted molar refractivity (Wildman–Crippen MR) is 93.8 cm³/mol. The minimum Gasteiger partial charge on any atom is -0.370 e. The molecule has 112 valence electrons. The van der Waals surface area contributed by atoms with Crippen LogP contribution >= 0.6 is 24.0 Å². The highest BCUT2D eigenvalue weighted by Crippen LogP contribution is 2.25. The van der Waals surface area contributed by atoms with Crippen molar-refractivity contribution in [2.75, 3.05) is 26.2 Å². The third-order valence-corrected chi connectivity index (χ3v) is 3.48. The number of aryl methyl sites for hydroxylation is 2. The Labute approximate surface area is 138 Å². The van der Waals surface area contributed by atoms with Crippen molar-refractivity contribution in [3.8, 4) is 0 Å². The third kappa shape index (κ3) is 4.09. The van der Waals surface area contributed by atoms with Crippen LogP contribution in [-0.4, -0.2) is 37.1 Å². The van der Waals surface area contributed by atoms with Crippen molar-refractivity contribution < 1.29 is 4.74 Å². The largest absolute Gasteiger partial charge is 0.370 e. The van der Waals surface area contributed by atoms with Crippen LogP contribution in [0.4, 0.5) is 0 Å². The molecule has 1 heterocycles. The molecule has 0 radical (unpaired) electrons. The number of benzene rings is 1. The van der Waals surface area contributed by atoms with Gasteiger partial charge in [-0.05, 0) is 31.9 Å². The molecule has 2 N–H and O–H groups in total. The first-order valence-electron chi connectivity index (χ1n) is 6.85. The molecule has 1 unspecified atom stereocenters. The summed E-state index contributed by atoms with van der Waals surface area (Å²) < 4.78 is 5.89. The minimum absolute atomic E-state index is 0. The fourth-order valence-corrected chi connectivity index (χ4v) is 2.49. The van der Waals surface area contributed by atoms with Crippen molar-refractivity contribution in [1.29, 1.82) is 0 Å². The van der Waals surface area contributed by atoms with Crippen LogP contribution in [0.3, 0.4) is 0 Å². The third-order valence-electron chi connectivity index (χ3n) is 3.48. The van der Waals surface area contributed by atoms with Gasteiger partial charge in [0.25, 0.3) is 0 Å². The van der Waals surface area contributed by atoms with Gasteiger partial charge in [0.05, 0.1) is 13.2 Å². The average Bonchev–Trinajstić information content (AvgIpc) is 2.39. The molecule has 2 rings (SSSR count). The van der Waals surface area contributed by atoms with E-state index in [2.05, 4.69) is 41.9 Å². The summed E-state index contributed by atoms with van der Waals surface area (Å²) in [4.78, 5) is 6.39. The highest BCUT2D eigenvalue weighted by Gasteiger charge is 2.24. The van der Waals surface area contributed by atoms with E-state index in [1.165, 1.54) is 16.7 Å². The fourth-order valence-electron chi connectivity index (χ4n) is 2.49. The number of aliphatic imine (C=N–C) groups is 1. The second kappa shape index (κ2) is 7.83. The molecular formula is C15H24IN3O. The summed E-state index contributed by atoms with van der Waals surface area (Å²) in [6.45, 7) is 9.24. The standard InChI is InChI=1S/C15H23N3O.HI/c1-4-17-15(16)18-7-8-19-14(10-18)13-6-5-11(2)9-12(13)3;/h5-6,9,14H,4,7-8,10H2,1-3H3,(H2,16,17);1H. The smallest absolute Gasteiger partial charge is 0.191 e. The molecule has 1 aromatic rings. The number of halogens is 1. The van der Waals surface area contributed by atoms with E-state index in [1.54, 1.807) is 0 Å². The van der Waals surface area contributed by atoms with Crippen molar-refractivity contribution in [3.63, 3.8) is 0 Å². The van der Waals surface area contributed by atoms with Crippen LogP contribution in [0.5, 0.6) is 0 Å². The van der Waals surface area contributed by atoms with E-state index in [1.807, 2.05) is 6.92 Å². The molecular weight excluding hydrogens is 365 g/mol. The Morgan fingerprint density at radius 2 is 2.20 bits per heavy atom. The zero-order chi connectivity index (χ0) is 13.8. The molecule has 1 aliphatic heterocycles. The summed E-state index contributed by atoms with van der Waals surface area (Å²) in [6.07, 6.45) is 0.0833. The molecule has 0 aliphatic carbocycles. The van der Waals surface area contributed by atoms with Crippen LogP contribution in [0.15, 0.2) is 23.2 Å². The first-order chi connectivity index (χ1) is 9.11. The summed E-state index contributed by atoms with van der Waals surface area (Å²) >= 11 is 0. The molecule has 1 aromatic carbocycles. The number of hydrogen-bond acceptors (Lipinski definition) is 2. The van der Waals surface area contributed by atoms with Crippen molar-refractivity contribution in [2.45, 2.75) is 26.9 Å². The molecule has 1 saturated heterocycles. The van der Waals surface area contributed by atoms with Crippen LogP contribution in [0.25, 0.3) is 0 Å². The van der Waals surface area contributed by atoms with E-state index < -0.39 is 0 Å². The Kier molecular flexibility index (Phi) is 6.75. The molecule has 5 heteroatoms. The number of nitrogens with zero attached hydrogens (tertiary/aromatic N) is 2. The molecule has 4 nitrogen and oxygen atoms in total. The molecule has 1 fully saturated rings. The zero-order valence-electron chi connectivity index (χ0n) is 12.4. The van der Waals surface area contributed by atoms with Crippen molar-refractivity contribution in [1.82, 2.24) is 4.90 Å². The zero-order valence-corrected chi connectivity index (χ0v) is 14.8. The topological polar surface area (TPSA) is 50.8 Å². The summed E-state index contributed by atoms with van der Waals surface area (Å²) in [7, 11) is 0. The molecule has 0 bridgehead atoms. The number of guanidine groups is 1. The lowest BCUT2D eigenvalue weighted by molar-refractivity contribution is -0.00766. The Balaban J connectivity index is 0.00000200. The van der Waals surface area contributed by atoms with Crippen LogP contribution in [0.2, 0.25) is 0 Å². The van der Waals surface area contributed by atoms with Gasteiger partial charge in [-0.1, -0.05) is 23.8 Å². The quantitative estimate of drug-likeness (QED) is 0.481.